The molecule has 0 unspecified atom stereocenters. The lowest BCUT2D eigenvalue weighted by molar-refractivity contribution is -0.120. The topological polar surface area (TPSA) is 92.3 Å². The highest BCUT2D eigenvalue weighted by atomic mass is 32.2. The van der Waals surface area contributed by atoms with Gasteiger partial charge in [-0.15, -0.1) is 0 Å². The molecule has 7 heteroatoms. The molecule has 2 amide bonds. The molecule has 0 bridgehead atoms. The molecule has 0 radical (unpaired) electrons. The van der Waals surface area contributed by atoms with Crippen LogP contribution in [0.25, 0.3) is 0 Å². The quantitative estimate of drug-likeness (QED) is 0.691. The van der Waals surface area contributed by atoms with Crippen LogP contribution < -0.4 is 10.6 Å². The number of hydrogen-bond donors (Lipinski definition) is 2. The number of carbonyl (C=O) groups excluding carboxylic acids is 2. The zero-order valence-corrected chi connectivity index (χ0v) is 13.7. The first kappa shape index (κ1) is 18.2. The van der Waals surface area contributed by atoms with E-state index in [0.29, 0.717) is 19.5 Å². The Morgan fingerprint density at radius 3 is 2.23 bits per heavy atom. The van der Waals surface area contributed by atoms with Gasteiger partial charge in [0.1, 0.15) is 0 Å². The van der Waals surface area contributed by atoms with Crippen molar-refractivity contribution in [2.75, 3.05) is 18.8 Å². The van der Waals surface area contributed by atoms with Gasteiger partial charge in [0.2, 0.25) is 11.8 Å². The molecule has 122 valence electrons. The van der Waals surface area contributed by atoms with E-state index in [1.807, 2.05) is 6.92 Å². The first-order chi connectivity index (χ1) is 10.3. The highest BCUT2D eigenvalue weighted by Gasteiger charge is 2.16. The summed E-state index contributed by atoms with van der Waals surface area (Å²) in [5, 5.41) is 5.25. The predicted octanol–water partition coefficient (Wildman–Crippen LogP) is 0.801. The normalized spacial score (nSPS) is 11.0. The third-order valence-corrected chi connectivity index (χ3v) is 4.76. The van der Waals surface area contributed by atoms with Crippen LogP contribution in [0.2, 0.25) is 0 Å². The smallest absolute Gasteiger partial charge is 0.221 e. The Labute approximate surface area is 131 Å². The fraction of sp³-hybridized carbons (Fsp3) is 0.467. The lowest BCUT2D eigenvalue weighted by Gasteiger charge is -2.07. The molecule has 0 aromatic heterocycles. The van der Waals surface area contributed by atoms with E-state index in [0.717, 1.165) is 5.56 Å². The molecular formula is C15H22N2O4S. The van der Waals surface area contributed by atoms with E-state index >= 15 is 0 Å². The average molecular weight is 326 g/mol. The van der Waals surface area contributed by atoms with Crippen molar-refractivity contribution in [3.8, 4) is 0 Å². The second kappa shape index (κ2) is 8.53. The third kappa shape index (κ3) is 6.71. The van der Waals surface area contributed by atoms with E-state index in [1.165, 1.54) is 6.92 Å². The van der Waals surface area contributed by atoms with Crippen LogP contribution in [0, 0.1) is 6.92 Å². The first-order valence-electron chi connectivity index (χ1n) is 7.12. The molecule has 0 heterocycles. The Balaban J connectivity index is 2.33. The van der Waals surface area contributed by atoms with Crippen LogP contribution in [0.15, 0.2) is 29.2 Å². The molecular weight excluding hydrogens is 304 g/mol. The van der Waals surface area contributed by atoms with Gasteiger partial charge in [0.05, 0.1) is 10.6 Å². The fourth-order valence-electron chi connectivity index (χ4n) is 1.76. The highest BCUT2D eigenvalue weighted by molar-refractivity contribution is 7.91. The summed E-state index contributed by atoms with van der Waals surface area (Å²) in [5.41, 5.74) is 0.982. The van der Waals surface area contributed by atoms with Crippen molar-refractivity contribution in [3.05, 3.63) is 29.8 Å². The zero-order chi connectivity index (χ0) is 16.6. The molecule has 6 nitrogen and oxygen atoms in total. The predicted molar refractivity (Wildman–Crippen MR) is 84.2 cm³/mol. The maximum Gasteiger partial charge on any atom is 0.221 e. The van der Waals surface area contributed by atoms with Gasteiger partial charge in [-0.05, 0) is 25.5 Å². The van der Waals surface area contributed by atoms with Gasteiger partial charge >= 0.3 is 0 Å². The second-order valence-corrected chi connectivity index (χ2v) is 7.18. The lowest BCUT2D eigenvalue weighted by Crippen LogP contribution is -2.29. The number of amides is 2. The van der Waals surface area contributed by atoms with Crippen LogP contribution in [-0.2, 0) is 19.4 Å². The molecule has 0 aliphatic heterocycles. The summed E-state index contributed by atoms with van der Waals surface area (Å²) in [5.74, 6) is -0.637. The van der Waals surface area contributed by atoms with E-state index in [4.69, 9.17) is 0 Å². The molecule has 1 aromatic rings. The minimum atomic E-state index is -3.44. The first-order valence-corrected chi connectivity index (χ1v) is 8.77. The third-order valence-electron chi connectivity index (χ3n) is 3.03. The number of hydrogen-bond acceptors (Lipinski definition) is 4. The van der Waals surface area contributed by atoms with E-state index in [1.54, 1.807) is 24.3 Å². The molecule has 1 rings (SSSR count). The Morgan fingerprint density at radius 1 is 1.05 bits per heavy atom. The highest BCUT2D eigenvalue weighted by Crippen LogP contribution is 2.12. The van der Waals surface area contributed by atoms with Crippen molar-refractivity contribution >= 4 is 21.7 Å². The summed E-state index contributed by atoms with van der Waals surface area (Å²) in [6.45, 7) is 4.19. The molecule has 0 aliphatic rings. The molecule has 1 aromatic carbocycles. The van der Waals surface area contributed by atoms with Gasteiger partial charge in [-0.3, -0.25) is 9.59 Å². The van der Waals surface area contributed by atoms with Gasteiger partial charge in [0.25, 0.3) is 0 Å². The summed E-state index contributed by atoms with van der Waals surface area (Å²) in [6.07, 6.45) is 0.534. The monoisotopic (exact) mass is 326 g/mol. The van der Waals surface area contributed by atoms with Crippen molar-refractivity contribution in [3.63, 3.8) is 0 Å². The Morgan fingerprint density at radius 2 is 1.64 bits per heavy atom. The SMILES string of the molecule is CC(=O)NCCCNC(=O)CCS(=O)(=O)c1ccc(C)cc1. The molecule has 0 atom stereocenters. The van der Waals surface area contributed by atoms with E-state index in [2.05, 4.69) is 10.6 Å². The van der Waals surface area contributed by atoms with Gasteiger partial charge < -0.3 is 10.6 Å². The van der Waals surface area contributed by atoms with E-state index < -0.39 is 9.84 Å². The molecule has 0 fully saturated rings. The Bertz CT molecular complexity index is 609. The maximum atomic E-state index is 12.1. The second-order valence-electron chi connectivity index (χ2n) is 5.07. The molecule has 0 spiro atoms. The summed E-state index contributed by atoms with van der Waals surface area (Å²) < 4.78 is 24.1. The van der Waals surface area contributed by atoms with Crippen molar-refractivity contribution in [2.45, 2.75) is 31.6 Å². The molecule has 0 saturated heterocycles. The molecule has 2 N–H and O–H groups in total. The molecule has 22 heavy (non-hydrogen) atoms. The number of rotatable bonds is 8. The Hall–Kier alpha value is -1.89. The van der Waals surface area contributed by atoms with Crippen LogP contribution in [-0.4, -0.2) is 39.1 Å². The van der Waals surface area contributed by atoms with Gasteiger partial charge in [-0.2, -0.15) is 0 Å². The summed E-state index contributed by atoms with van der Waals surface area (Å²) >= 11 is 0. The van der Waals surface area contributed by atoms with Crippen molar-refractivity contribution < 1.29 is 18.0 Å². The van der Waals surface area contributed by atoms with Crippen molar-refractivity contribution in [1.82, 2.24) is 10.6 Å². The van der Waals surface area contributed by atoms with Crippen molar-refractivity contribution in [2.24, 2.45) is 0 Å². The minimum absolute atomic E-state index is 0.0731. The molecule has 0 saturated carbocycles. The van der Waals surface area contributed by atoms with Crippen LogP contribution in [0.1, 0.15) is 25.3 Å². The van der Waals surface area contributed by atoms with Gasteiger partial charge in [-0.25, -0.2) is 8.42 Å². The minimum Gasteiger partial charge on any atom is -0.356 e. The van der Waals surface area contributed by atoms with Crippen LogP contribution in [0.3, 0.4) is 0 Å². The number of carbonyl (C=O) groups is 2. The van der Waals surface area contributed by atoms with Crippen LogP contribution in [0.4, 0.5) is 0 Å². The van der Waals surface area contributed by atoms with Gasteiger partial charge in [0, 0.05) is 26.4 Å². The van der Waals surface area contributed by atoms with E-state index in [9.17, 15) is 18.0 Å². The largest absolute Gasteiger partial charge is 0.356 e. The van der Waals surface area contributed by atoms with Gasteiger partial charge in [0.15, 0.2) is 9.84 Å². The van der Waals surface area contributed by atoms with Crippen LogP contribution >= 0.6 is 0 Å². The summed E-state index contributed by atoms with van der Waals surface area (Å²) in [4.78, 5) is 22.5. The number of benzene rings is 1. The van der Waals surface area contributed by atoms with Crippen LogP contribution in [0.5, 0.6) is 0 Å². The van der Waals surface area contributed by atoms with Crippen molar-refractivity contribution in [1.29, 1.82) is 0 Å². The molecule has 0 aliphatic carbocycles. The Kier molecular flexibility index (Phi) is 7.04. The summed E-state index contributed by atoms with van der Waals surface area (Å²) in [6, 6.07) is 6.57. The number of sulfone groups is 1. The fourth-order valence-corrected chi connectivity index (χ4v) is 3.00. The lowest BCUT2D eigenvalue weighted by atomic mass is 10.2. The van der Waals surface area contributed by atoms with Gasteiger partial charge in [-0.1, -0.05) is 17.7 Å². The van der Waals surface area contributed by atoms with E-state index in [-0.39, 0.29) is 28.9 Å². The standard InChI is InChI=1S/C15H22N2O4S/c1-12-4-6-14(7-5-12)22(20,21)11-8-15(19)17-10-3-9-16-13(2)18/h4-7H,3,8-11H2,1-2H3,(H,16,18)(H,17,19). The number of nitrogens with one attached hydrogen (secondary N) is 2. The average Bonchev–Trinajstić information content (AvgIpc) is 2.45. The number of aryl methyl sites for hydroxylation is 1. The zero-order valence-electron chi connectivity index (χ0n) is 12.9. The summed E-state index contributed by atoms with van der Waals surface area (Å²) in [7, 11) is -3.44. The maximum absolute atomic E-state index is 12.1.